The molecule has 0 heterocycles. The molecule has 2 amide bonds. The van der Waals surface area contributed by atoms with Crippen LogP contribution in [-0.4, -0.2) is 13.1 Å². The molecule has 0 aliphatic heterocycles. The third-order valence-corrected chi connectivity index (χ3v) is 3.03. The lowest BCUT2D eigenvalue weighted by atomic mass is 10.2. The molecule has 0 spiro atoms. The number of nitrogens with one attached hydrogen (secondary N) is 2. The molecule has 0 saturated heterocycles. The third kappa shape index (κ3) is 3.42. The minimum atomic E-state index is -0.333. The Kier molecular flexibility index (Phi) is 4.48. The standard InChI is InChI=1S/C15H15ClN2O2/c1-10-9-11(16)7-8-12(10)17-15(19)18-13-5-3-4-6-14(13)20-2/h3-9H,1-2H3,(H2,17,18,19). The number of carbonyl (C=O) groups excluding carboxylic acids is 1. The van der Waals surface area contributed by atoms with Gasteiger partial charge >= 0.3 is 6.03 Å². The molecule has 2 aromatic rings. The molecule has 104 valence electrons. The lowest BCUT2D eigenvalue weighted by molar-refractivity contribution is 0.262. The van der Waals surface area contributed by atoms with Crippen LogP contribution in [0.3, 0.4) is 0 Å². The van der Waals surface area contributed by atoms with E-state index in [0.717, 1.165) is 5.56 Å². The van der Waals surface area contributed by atoms with E-state index in [-0.39, 0.29) is 6.03 Å². The second-order valence-corrected chi connectivity index (χ2v) is 4.68. The molecule has 4 nitrogen and oxygen atoms in total. The molecule has 0 radical (unpaired) electrons. The molecule has 20 heavy (non-hydrogen) atoms. The number of urea groups is 1. The zero-order valence-electron chi connectivity index (χ0n) is 11.2. The van der Waals surface area contributed by atoms with Gasteiger partial charge in [-0.1, -0.05) is 23.7 Å². The molecule has 0 unspecified atom stereocenters. The topological polar surface area (TPSA) is 50.4 Å². The number of halogens is 1. The highest BCUT2D eigenvalue weighted by Crippen LogP contribution is 2.24. The van der Waals surface area contributed by atoms with Crippen molar-refractivity contribution in [2.75, 3.05) is 17.7 Å². The van der Waals surface area contributed by atoms with E-state index in [1.54, 1.807) is 37.4 Å². The van der Waals surface area contributed by atoms with Crippen molar-refractivity contribution in [3.63, 3.8) is 0 Å². The Morgan fingerprint density at radius 2 is 1.80 bits per heavy atom. The van der Waals surface area contributed by atoms with Crippen LogP contribution in [0.2, 0.25) is 5.02 Å². The number of rotatable bonds is 3. The van der Waals surface area contributed by atoms with Crippen LogP contribution >= 0.6 is 11.6 Å². The van der Waals surface area contributed by atoms with Crippen molar-refractivity contribution < 1.29 is 9.53 Å². The molecule has 0 aliphatic carbocycles. The van der Waals surface area contributed by atoms with Crippen molar-refractivity contribution in [3.8, 4) is 5.75 Å². The highest BCUT2D eigenvalue weighted by atomic mass is 35.5. The zero-order chi connectivity index (χ0) is 14.5. The van der Waals surface area contributed by atoms with Gasteiger partial charge < -0.3 is 15.4 Å². The fraction of sp³-hybridized carbons (Fsp3) is 0.133. The van der Waals surface area contributed by atoms with Gasteiger partial charge in [0, 0.05) is 10.7 Å². The first-order valence-electron chi connectivity index (χ1n) is 6.07. The zero-order valence-corrected chi connectivity index (χ0v) is 12.0. The maximum atomic E-state index is 12.0. The van der Waals surface area contributed by atoms with Crippen LogP contribution in [0.1, 0.15) is 5.56 Å². The minimum absolute atomic E-state index is 0.333. The van der Waals surface area contributed by atoms with Crippen LogP contribution in [0.4, 0.5) is 16.2 Å². The summed E-state index contributed by atoms with van der Waals surface area (Å²) in [5, 5.41) is 6.15. The van der Waals surface area contributed by atoms with Gasteiger partial charge in [0.25, 0.3) is 0 Å². The number of carbonyl (C=O) groups is 1. The van der Waals surface area contributed by atoms with Gasteiger partial charge in [-0.05, 0) is 42.8 Å². The molecule has 0 bridgehead atoms. The monoisotopic (exact) mass is 290 g/mol. The molecule has 0 saturated carbocycles. The van der Waals surface area contributed by atoms with Crippen molar-refractivity contribution in [3.05, 3.63) is 53.1 Å². The molecule has 2 rings (SSSR count). The summed E-state index contributed by atoms with van der Waals surface area (Å²) in [6, 6.07) is 12.2. The van der Waals surface area contributed by atoms with Gasteiger partial charge in [-0.15, -0.1) is 0 Å². The fourth-order valence-electron chi connectivity index (χ4n) is 1.79. The van der Waals surface area contributed by atoms with Gasteiger partial charge in [0.05, 0.1) is 12.8 Å². The van der Waals surface area contributed by atoms with Gasteiger partial charge in [-0.3, -0.25) is 0 Å². The van der Waals surface area contributed by atoms with E-state index in [1.807, 2.05) is 19.1 Å². The fourth-order valence-corrected chi connectivity index (χ4v) is 2.02. The summed E-state index contributed by atoms with van der Waals surface area (Å²) in [5.41, 5.74) is 2.22. The smallest absolute Gasteiger partial charge is 0.323 e. The maximum absolute atomic E-state index is 12.0. The van der Waals surface area contributed by atoms with E-state index in [2.05, 4.69) is 10.6 Å². The Bertz CT molecular complexity index is 629. The molecule has 0 atom stereocenters. The van der Waals surface area contributed by atoms with Crippen LogP contribution in [-0.2, 0) is 0 Å². The summed E-state index contributed by atoms with van der Waals surface area (Å²) in [4.78, 5) is 12.0. The average molecular weight is 291 g/mol. The lowest BCUT2D eigenvalue weighted by Crippen LogP contribution is -2.20. The number of aryl methyl sites for hydroxylation is 1. The van der Waals surface area contributed by atoms with Gasteiger partial charge in [0.15, 0.2) is 0 Å². The largest absolute Gasteiger partial charge is 0.495 e. The molecule has 0 aliphatic rings. The van der Waals surface area contributed by atoms with Crippen molar-refractivity contribution in [2.45, 2.75) is 6.92 Å². The van der Waals surface area contributed by atoms with Crippen molar-refractivity contribution >= 4 is 29.0 Å². The predicted molar refractivity (Wildman–Crippen MR) is 81.8 cm³/mol. The summed E-state index contributed by atoms with van der Waals surface area (Å²) in [7, 11) is 1.56. The molecular formula is C15H15ClN2O2. The van der Waals surface area contributed by atoms with Crippen LogP contribution in [0.25, 0.3) is 0 Å². The van der Waals surface area contributed by atoms with E-state index in [9.17, 15) is 4.79 Å². The van der Waals surface area contributed by atoms with Crippen LogP contribution in [0.15, 0.2) is 42.5 Å². The Labute approximate surface area is 122 Å². The maximum Gasteiger partial charge on any atom is 0.323 e. The summed E-state index contributed by atoms with van der Waals surface area (Å²) < 4.78 is 5.18. The lowest BCUT2D eigenvalue weighted by Gasteiger charge is -2.12. The number of methoxy groups -OCH3 is 1. The molecule has 0 fully saturated rings. The number of hydrogen-bond acceptors (Lipinski definition) is 2. The number of hydrogen-bond donors (Lipinski definition) is 2. The minimum Gasteiger partial charge on any atom is -0.495 e. The van der Waals surface area contributed by atoms with Crippen LogP contribution < -0.4 is 15.4 Å². The Morgan fingerprint density at radius 3 is 2.50 bits per heavy atom. The molecule has 5 heteroatoms. The Balaban J connectivity index is 2.09. The second kappa shape index (κ2) is 6.30. The van der Waals surface area contributed by atoms with E-state index in [0.29, 0.717) is 22.1 Å². The molecule has 2 N–H and O–H groups in total. The number of benzene rings is 2. The van der Waals surface area contributed by atoms with Crippen LogP contribution in [0, 0.1) is 6.92 Å². The van der Waals surface area contributed by atoms with E-state index in [1.165, 1.54) is 0 Å². The van der Waals surface area contributed by atoms with Crippen molar-refractivity contribution in [1.29, 1.82) is 0 Å². The number of amides is 2. The normalized spacial score (nSPS) is 9.95. The first kappa shape index (κ1) is 14.2. The van der Waals surface area contributed by atoms with Crippen molar-refractivity contribution in [1.82, 2.24) is 0 Å². The first-order valence-corrected chi connectivity index (χ1v) is 6.45. The quantitative estimate of drug-likeness (QED) is 0.885. The summed E-state index contributed by atoms with van der Waals surface area (Å²) in [6.07, 6.45) is 0. The molecule has 0 aromatic heterocycles. The average Bonchev–Trinajstić information content (AvgIpc) is 2.42. The van der Waals surface area contributed by atoms with Gasteiger partial charge in [-0.2, -0.15) is 0 Å². The highest BCUT2D eigenvalue weighted by Gasteiger charge is 2.08. The summed E-state index contributed by atoms with van der Waals surface area (Å²) >= 11 is 5.88. The Hall–Kier alpha value is -2.20. The first-order chi connectivity index (χ1) is 9.60. The second-order valence-electron chi connectivity index (χ2n) is 4.24. The van der Waals surface area contributed by atoms with E-state index >= 15 is 0 Å². The summed E-state index contributed by atoms with van der Waals surface area (Å²) in [5.74, 6) is 0.607. The highest BCUT2D eigenvalue weighted by molar-refractivity contribution is 6.30. The predicted octanol–water partition coefficient (Wildman–Crippen LogP) is 4.30. The molecule has 2 aromatic carbocycles. The summed E-state index contributed by atoms with van der Waals surface area (Å²) in [6.45, 7) is 1.88. The van der Waals surface area contributed by atoms with E-state index < -0.39 is 0 Å². The molecular weight excluding hydrogens is 276 g/mol. The Morgan fingerprint density at radius 1 is 1.10 bits per heavy atom. The SMILES string of the molecule is COc1ccccc1NC(=O)Nc1ccc(Cl)cc1C. The third-order valence-electron chi connectivity index (χ3n) is 2.79. The van der Waals surface area contributed by atoms with Crippen molar-refractivity contribution in [2.24, 2.45) is 0 Å². The van der Waals surface area contributed by atoms with Gasteiger partial charge in [-0.25, -0.2) is 4.79 Å². The van der Waals surface area contributed by atoms with Gasteiger partial charge in [0.2, 0.25) is 0 Å². The number of para-hydroxylation sites is 2. The van der Waals surface area contributed by atoms with E-state index in [4.69, 9.17) is 16.3 Å². The van der Waals surface area contributed by atoms with Crippen LogP contribution in [0.5, 0.6) is 5.75 Å². The number of anilines is 2. The van der Waals surface area contributed by atoms with Gasteiger partial charge in [0.1, 0.15) is 5.75 Å². The number of ether oxygens (including phenoxy) is 1.